The summed E-state index contributed by atoms with van der Waals surface area (Å²) in [6.07, 6.45) is 0.987. The summed E-state index contributed by atoms with van der Waals surface area (Å²) < 4.78 is 13.9. The third-order valence-electron chi connectivity index (χ3n) is 3.45. The highest BCUT2D eigenvalue weighted by molar-refractivity contribution is 5.65. The highest BCUT2D eigenvalue weighted by Gasteiger charge is 2.08. The second kappa shape index (κ2) is 7.55. The van der Waals surface area contributed by atoms with Gasteiger partial charge in [-0.15, -0.1) is 0 Å². The molecule has 0 amide bonds. The highest BCUT2D eigenvalue weighted by atomic mass is 19.1. The van der Waals surface area contributed by atoms with Crippen LogP contribution in [0.15, 0.2) is 60.7 Å². The van der Waals surface area contributed by atoms with E-state index in [1.165, 1.54) is 6.07 Å². The maximum absolute atomic E-state index is 13.9. The summed E-state index contributed by atoms with van der Waals surface area (Å²) in [5.74, 6) is 1.54. The first kappa shape index (κ1) is 15.9. The van der Waals surface area contributed by atoms with Crippen LogP contribution in [0.3, 0.4) is 0 Å². The molecule has 0 aliphatic rings. The number of rotatable bonds is 6. The van der Waals surface area contributed by atoms with Gasteiger partial charge in [0.25, 0.3) is 0 Å². The molecule has 5 heteroatoms. The van der Waals surface area contributed by atoms with Crippen LogP contribution in [0.2, 0.25) is 0 Å². The minimum atomic E-state index is -0.319. The van der Waals surface area contributed by atoms with Crippen LogP contribution in [0, 0.1) is 5.82 Å². The van der Waals surface area contributed by atoms with Crippen molar-refractivity contribution in [1.29, 1.82) is 0 Å². The molecule has 0 spiro atoms. The molecular formula is C19H19FN4. The largest absolute Gasteiger partial charge is 0.370 e. The summed E-state index contributed by atoms with van der Waals surface area (Å²) in [6, 6.07) is 18.0. The molecule has 3 rings (SSSR count). The lowest BCUT2D eigenvalue weighted by Crippen LogP contribution is -2.06. The number of anilines is 3. The minimum Gasteiger partial charge on any atom is -0.370 e. The van der Waals surface area contributed by atoms with Crippen molar-refractivity contribution in [1.82, 2.24) is 9.97 Å². The molecular weight excluding hydrogens is 303 g/mol. The Morgan fingerprint density at radius 3 is 2.38 bits per heavy atom. The van der Waals surface area contributed by atoms with Crippen LogP contribution in [0.25, 0.3) is 11.4 Å². The monoisotopic (exact) mass is 322 g/mol. The van der Waals surface area contributed by atoms with Crippen LogP contribution in [0.1, 0.15) is 13.3 Å². The van der Waals surface area contributed by atoms with Gasteiger partial charge in [0.05, 0.1) is 5.69 Å². The first-order chi connectivity index (χ1) is 11.8. The van der Waals surface area contributed by atoms with Gasteiger partial charge in [-0.25, -0.2) is 14.4 Å². The van der Waals surface area contributed by atoms with E-state index in [4.69, 9.17) is 0 Å². The van der Waals surface area contributed by atoms with E-state index < -0.39 is 0 Å². The van der Waals surface area contributed by atoms with E-state index in [-0.39, 0.29) is 5.82 Å². The summed E-state index contributed by atoms with van der Waals surface area (Å²) in [4.78, 5) is 9.07. The molecule has 3 aromatic rings. The van der Waals surface area contributed by atoms with E-state index >= 15 is 0 Å². The fourth-order valence-electron chi connectivity index (χ4n) is 2.27. The summed E-state index contributed by atoms with van der Waals surface area (Å²) in [5, 5.41) is 6.29. The summed E-state index contributed by atoms with van der Waals surface area (Å²) in [5.41, 5.74) is 1.30. The van der Waals surface area contributed by atoms with Gasteiger partial charge in [-0.05, 0) is 18.6 Å². The Hall–Kier alpha value is -2.95. The third-order valence-corrected chi connectivity index (χ3v) is 3.45. The topological polar surface area (TPSA) is 49.8 Å². The zero-order chi connectivity index (χ0) is 16.8. The third kappa shape index (κ3) is 3.87. The Labute approximate surface area is 140 Å². The van der Waals surface area contributed by atoms with E-state index in [2.05, 4.69) is 27.5 Å². The lowest BCUT2D eigenvalue weighted by Gasteiger charge is -2.11. The number of nitrogens with zero attached hydrogens (tertiary/aromatic N) is 2. The number of aromatic nitrogens is 2. The second-order valence-electron chi connectivity index (χ2n) is 5.36. The van der Waals surface area contributed by atoms with Gasteiger partial charge in [0.2, 0.25) is 0 Å². The molecule has 0 radical (unpaired) electrons. The molecule has 0 fully saturated rings. The van der Waals surface area contributed by atoms with Gasteiger partial charge in [0.15, 0.2) is 5.82 Å². The van der Waals surface area contributed by atoms with Gasteiger partial charge >= 0.3 is 0 Å². The lowest BCUT2D eigenvalue weighted by atomic mass is 10.2. The Balaban J connectivity index is 1.97. The molecule has 2 aromatic carbocycles. The minimum absolute atomic E-state index is 0.319. The number of halogens is 1. The quantitative estimate of drug-likeness (QED) is 0.681. The van der Waals surface area contributed by atoms with E-state index in [1.54, 1.807) is 24.3 Å². The SMILES string of the molecule is CCCNc1cc(Nc2ccccc2F)nc(-c2ccccc2)n1. The van der Waals surface area contributed by atoms with Crippen molar-refractivity contribution in [2.24, 2.45) is 0 Å². The van der Waals surface area contributed by atoms with Gasteiger partial charge < -0.3 is 10.6 Å². The maximum atomic E-state index is 13.9. The standard InChI is InChI=1S/C19H19FN4/c1-2-12-21-17-13-18(22-16-11-7-6-10-15(16)20)24-19(23-17)14-8-4-3-5-9-14/h3-11,13H,2,12H2,1H3,(H2,21,22,23,24). The Morgan fingerprint density at radius 1 is 0.917 bits per heavy atom. The Kier molecular flexibility index (Phi) is 5.01. The molecule has 0 saturated heterocycles. The molecule has 0 bridgehead atoms. The summed E-state index contributed by atoms with van der Waals surface area (Å²) in [7, 11) is 0. The number of hydrogen-bond acceptors (Lipinski definition) is 4. The normalized spacial score (nSPS) is 10.4. The van der Waals surface area contributed by atoms with Crippen LogP contribution in [-0.2, 0) is 0 Å². The smallest absolute Gasteiger partial charge is 0.163 e. The molecule has 0 aliphatic heterocycles. The van der Waals surface area contributed by atoms with Gasteiger partial charge in [-0.3, -0.25) is 0 Å². The molecule has 0 atom stereocenters. The lowest BCUT2D eigenvalue weighted by molar-refractivity contribution is 0.632. The molecule has 1 heterocycles. The zero-order valence-electron chi connectivity index (χ0n) is 13.5. The van der Waals surface area contributed by atoms with Crippen molar-refractivity contribution in [3.05, 3.63) is 66.5 Å². The Morgan fingerprint density at radius 2 is 1.62 bits per heavy atom. The van der Waals surface area contributed by atoms with Crippen molar-refractivity contribution in [3.8, 4) is 11.4 Å². The maximum Gasteiger partial charge on any atom is 0.163 e. The first-order valence-corrected chi connectivity index (χ1v) is 7.96. The average Bonchev–Trinajstić information content (AvgIpc) is 2.62. The highest BCUT2D eigenvalue weighted by Crippen LogP contribution is 2.23. The van der Waals surface area contributed by atoms with Gasteiger partial charge in [-0.2, -0.15) is 0 Å². The van der Waals surface area contributed by atoms with Gasteiger partial charge in [0, 0.05) is 18.2 Å². The summed E-state index contributed by atoms with van der Waals surface area (Å²) in [6.45, 7) is 2.90. The molecule has 1 aromatic heterocycles. The molecule has 0 aliphatic carbocycles. The van der Waals surface area contributed by atoms with E-state index in [1.807, 2.05) is 30.3 Å². The van der Waals surface area contributed by atoms with Crippen LogP contribution >= 0.6 is 0 Å². The van der Waals surface area contributed by atoms with E-state index in [0.717, 1.165) is 18.5 Å². The number of para-hydroxylation sites is 1. The fourth-order valence-corrected chi connectivity index (χ4v) is 2.27. The molecule has 2 N–H and O–H groups in total. The van der Waals surface area contributed by atoms with Crippen LogP contribution in [-0.4, -0.2) is 16.5 Å². The second-order valence-corrected chi connectivity index (χ2v) is 5.36. The fraction of sp³-hybridized carbons (Fsp3) is 0.158. The Bertz CT molecular complexity index is 805. The predicted octanol–water partition coefficient (Wildman–Crippen LogP) is 4.85. The van der Waals surface area contributed by atoms with Gasteiger partial charge in [-0.1, -0.05) is 49.4 Å². The predicted molar refractivity (Wildman–Crippen MR) is 95.9 cm³/mol. The van der Waals surface area contributed by atoms with Crippen LogP contribution < -0.4 is 10.6 Å². The van der Waals surface area contributed by atoms with Crippen molar-refractivity contribution >= 4 is 17.3 Å². The zero-order valence-corrected chi connectivity index (χ0v) is 13.5. The van der Waals surface area contributed by atoms with E-state index in [0.29, 0.717) is 23.1 Å². The summed E-state index contributed by atoms with van der Waals surface area (Å²) >= 11 is 0. The van der Waals surface area contributed by atoms with Crippen molar-refractivity contribution in [2.45, 2.75) is 13.3 Å². The average molecular weight is 322 g/mol. The molecule has 0 saturated carbocycles. The van der Waals surface area contributed by atoms with E-state index in [9.17, 15) is 4.39 Å². The molecule has 122 valence electrons. The molecule has 0 unspecified atom stereocenters. The number of hydrogen-bond donors (Lipinski definition) is 2. The first-order valence-electron chi connectivity index (χ1n) is 7.96. The van der Waals surface area contributed by atoms with Crippen molar-refractivity contribution < 1.29 is 4.39 Å². The van der Waals surface area contributed by atoms with Gasteiger partial charge in [0.1, 0.15) is 17.5 Å². The number of nitrogens with one attached hydrogen (secondary N) is 2. The molecule has 24 heavy (non-hydrogen) atoms. The molecule has 4 nitrogen and oxygen atoms in total. The number of benzene rings is 2. The van der Waals surface area contributed by atoms with Crippen molar-refractivity contribution in [3.63, 3.8) is 0 Å². The van der Waals surface area contributed by atoms with Crippen LogP contribution in [0.4, 0.5) is 21.7 Å². The van der Waals surface area contributed by atoms with Crippen LogP contribution in [0.5, 0.6) is 0 Å². The van der Waals surface area contributed by atoms with Crippen molar-refractivity contribution in [2.75, 3.05) is 17.2 Å².